The van der Waals surface area contributed by atoms with Crippen LogP contribution < -0.4 is 10.1 Å². The van der Waals surface area contributed by atoms with Crippen LogP contribution in [0.1, 0.15) is 13.8 Å². The Morgan fingerprint density at radius 3 is 3.10 bits per heavy atom. The van der Waals surface area contributed by atoms with E-state index in [-0.39, 0.29) is 17.5 Å². The van der Waals surface area contributed by atoms with Crippen molar-refractivity contribution >= 4 is 10.8 Å². The zero-order valence-electron chi connectivity index (χ0n) is 12.3. The number of pyridine rings is 1. The number of rotatable bonds is 3. The van der Waals surface area contributed by atoms with Crippen LogP contribution in [0.2, 0.25) is 0 Å². The number of fused-ring (bicyclic) bond motifs is 1. The number of phenolic OH excluding ortho intramolecular Hbond substituents is 1. The second-order valence-electron chi connectivity index (χ2n) is 5.96. The average molecular weight is 288 g/mol. The van der Waals surface area contributed by atoms with Gasteiger partial charge in [-0.05, 0) is 37.4 Å². The topological polar surface area (TPSA) is 63.6 Å². The highest BCUT2D eigenvalue weighted by atomic mass is 16.6. The number of ether oxygens (including phenoxy) is 2. The largest absolute Gasteiger partial charge is 0.508 e. The van der Waals surface area contributed by atoms with Crippen molar-refractivity contribution in [1.82, 2.24) is 10.3 Å². The summed E-state index contributed by atoms with van der Waals surface area (Å²) in [7, 11) is 0. The first-order valence-electron chi connectivity index (χ1n) is 7.13. The lowest BCUT2D eigenvalue weighted by Crippen LogP contribution is -2.52. The quantitative estimate of drug-likeness (QED) is 0.905. The summed E-state index contributed by atoms with van der Waals surface area (Å²) in [4.78, 5) is 4.26. The summed E-state index contributed by atoms with van der Waals surface area (Å²) in [5.41, 5.74) is -0.184. The van der Waals surface area contributed by atoms with Gasteiger partial charge < -0.3 is 19.9 Å². The van der Waals surface area contributed by atoms with Crippen LogP contribution in [0.4, 0.5) is 0 Å². The number of nitrogens with zero attached hydrogens (tertiary/aromatic N) is 1. The van der Waals surface area contributed by atoms with Crippen molar-refractivity contribution in [3.8, 4) is 11.6 Å². The van der Waals surface area contributed by atoms with Crippen molar-refractivity contribution in [3.05, 3.63) is 30.5 Å². The predicted molar refractivity (Wildman–Crippen MR) is 80.7 cm³/mol. The van der Waals surface area contributed by atoms with Gasteiger partial charge in [-0.3, -0.25) is 0 Å². The fraction of sp³-hybridized carbons (Fsp3) is 0.438. The number of aromatic hydroxyl groups is 1. The standard InChI is InChI=1S/C16H20N2O3/c1-16(2)10-17-8-13(21-16)9-20-15-14-7-12(19)4-3-11(14)5-6-18-15/h3-7,13,17,19H,8-10H2,1-2H3. The molecule has 1 fully saturated rings. The molecule has 0 saturated carbocycles. The molecule has 1 atom stereocenters. The molecule has 3 rings (SSSR count). The number of morpholine rings is 1. The molecule has 5 nitrogen and oxygen atoms in total. The van der Waals surface area contributed by atoms with Crippen molar-refractivity contribution in [2.75, 3.05) is 19.7 Å². The molecule has 2 aromatic rings. The van der Waals surface area contributed by atoms with E-state index in [1.165, 1.54) is 0 Å². The van der Waals surface area contributed by atoms with E-state index in [2.05, 4.69) is 24.1 Å². The van der Waals surface area contributed by atoms with E-state index in [0.717, 1.165) is 23.9 Å². The highest BCUT2D eigenvalue weighted by molar-refractivity contribution is 5.87. The summed E-state index contributed by atoms with van der Waals surface area (Å²) in [6, 6.07) is 7.06. The van der Waals surface area contributed by atoms with E-state index in [1.54, 1.807) is 18.3 Å². The molecule has 0 bridgehead atoms. The fourth-order valence-electron chi connectivity index (χ4n) is 2.58. The van der Waals surface area contributed by atoms with E-state index in [4.69, 9.17) is 9.47 Å². The number of hydrogen-bond donors (Lipinski definition) is 2. The van der Waals surface area contributed by atoms with E-state index in [1.807, 2.05) is 12.1 Å². The van der Waals surface area contributed by atoms with Gasteiger partial charge >= 0.3 is 0 Å². The average Bonchev–Trinajstić information content (AvgIpc) is 2.44. The van der Waals surface area contributed by atoms with Crippen LogP contribution in [-0.2, 0) is 4.74 Å². The molecule has 1 saturated heterocycles. The van der Waals surface area contributed by atoms with Gasteiger partial charge in [0.05, 0.1) is 5.60 Å². The van der Waals surface area contributed by atoms with Gasteiger partial charge in [0, 0.05) is 24.7 Å². The molecule has 112 valence electrons. The highest BCUT2D eigenvalue weighted by Gasteiger charge is 2.28. The van der Waals surface area contributed by atoms with Crippen molar-refractivity contribution in [2.24, 2.45) is 0 Å². The van der Waals surface area contributed by atoms with Crippen molar-refractivity contribution in [3.63, 3.8) is 0 Å². The maximum absolute atomic E-state index is 9.62. The molecule has 0 aliphatic carbocycles. The van der Waals surface area contributed by atoms with Crippen LogP contribution in [-0.4, -0.2) is 41.5 Å². The van der Waals surface area contributed by atoms with Crippen LogP contribution in [0.25, 0.3) is 10.8 Å². The zero-order valence-corrected chi connectivity index (χ0v) is 12.3. The second kappa shape index (κ2) is 5.50. The molecule has 1 aromatic heterocycles. The molecule has 2 N–H and O–H groups in total. The predicted octanol–water partition coefficient (Wildman–Crippen LogP) is 2.09. The van der Waals surface area contributed by atoms with Gasteiger partial charge in [-0.2, -0.15) is 0 Å². The number of aromatic nitrogens is 1. The van der Waals surface area contributed by atoms with Crippen LogP contribution in [0, 0.1) is 0 Å². The Kier molecular flexibility index (Phi) is 3.69. The molecule has 1 aliphatic heterocycles. The molecule has 0 spiro atoms. The Morgan fingerprint density at radius 2 is 2.29 bits per heavy atom. The molecule has 2 heterocycles. The number of benzene rings is 1. The molecular formula is C16H20N2O3. The molecule has 0 amide bonds. The van der Waals surface area contributed by atoms with Crippen LogP contribution in [0.3, 0.4) is 0 Å². The third kappa shape index (κ3) is 3.25. The van der Waals surface area contributed by atoms with E-state index < -0.39 is 0 Å². The lowest BCUT2D eigenvalue weighted by molar-refractivity contribution is -0.107. The van der Waals surface area contributed by atoms with Crippen LogP contribution in [0.5, 0.6) is 11.6 Å². The zero-order chi connectivity index (χ0) is 14.9. The Bertz CT molecular complexity index is 642. The fourth-order valence-corrected chi connectivity index (χ4v) is 2.58. The Morgan fingerprint density at radius 1 is 1.43 bits per heavy atom. The molecule has 1 unspecified atom stereocenters. The summed E-state index contributed by atoms with van der Waals surface area (Å²) in [5.74, 6) is 0.729. The Hall–Kier alpha value is -1.85. The van der Waals surface area contributed by atoms with Gasteiger partial charge in [0.25, 0.3) is 0 Å². The summed E-state index contributed by atoms with van der Waals surface area (Å²) < 4.78 is 11.8. The molecule has 1 aliphatic rings. The number of phenols is 1. The van der Waals surface area contributed by atoms with Crippen molar-refractivity contribution in [2.45, 2.75) is 25.6 Å². The SMILES string of the molecule is CC1(C)CNCC(COc2nccc3ccc(O)cc23)O1. The lowest BCUT2D eigenvalue weighted by atomic mass is 10.1. The number of hydrogen-bond acceptors (Lipinski definition) is 5. The summed E-state index contributed by atoms with van der Waals surface area (Å²) >= 11 is 0. The van der Waals surface area contributed by atoms with E-state index in [9.17, 15) is 5.11 Å². The number of nitrogens with one attached hydrogen (secondary N) is 1. The normalized spacial score (nSPS) is 21.3. The van der Waals surface area contributed by atoms with Crippen LogP contribution in [0.15, 0.2) is 30.5 Å². The summed E-state index contributed by atoms with van der Waals surface area (Å²) in [6.45, 7) is 6.14. The van der Waals surface area contributed by atoms with E-state index >= 15 is 0 Å². The minimum atomic E-state index is -0.184. The molecular weight excluding hydrogens is 268 g/mol. The van der Waals surface area contributed by atoms with E-state index in [0.29, 0.717) is 12.5 Å². The molecule has 5 heteroatoms. The second-order valence-corrected chi connectivity index (χ2v) is 5.96. The third-order valence-electron chi connectivity index (χ3n) is 3.53. The minimum absolute atomic E-state index is 0.0110. The first-order valence-corrected chi connectivity index (χ1v) is 7.13. The van der Waals surface area contributed by atoms with Crippen molar-refractivity contribution < 1.29 is 14.6 Å². The molecule has 21 heavy (non-hydrogen) atoms. The Balaban J connectivity index is 1.75. The minimum Gasteiger partial charge on any atom is -0.508 e. The smallest absolute Gasteiger partial charge is 0.221 e. The first kappa shape index (κ1) is 14.1. The maximum Gasteiger partial charge on any atom is 0.221 e. The monoisotopic (exact) mass is 288 g/mol. The van der Waals surface area contributed by atoms with Gasteiger partial charge in [-0.15, -0.1) is 0 Å². The maximum atomic E-state index is 9.62. The third-order valence-corrected chi connectivity index (χ3v) is 3.53. The van der Waals surface area contributed by atoms with Crippen LogP contribution >= 0.6 is 0 Å². The highest BCUT2D eigenvalue weighted by Crippen LogP contribution is 2.27. The van der Waals surface area contributed by atoms with Gasteiger partial charge in [0.15, 0.2) is 0 Å². The van der Waals surface area contributed by atoms with Gasteiger partial charge in [-0.25, -0.2) is 4.98 Å². The first-order chi connectivity index (χ1) is 10.0. The molecule has 1 aromatic carbocycles. The summed E-state index contributed by atoms with van der Waals surface area (Å²) in [6.07, 6.45) is 1.70. The Labute approximate surface area is 123 Å². The lowest BCUT2D eigenvalue weighted by Gasteiger charge is -2.36. The van der Waals surface area contributed by atoms with Gasteiger partial charge in [0.1, 0.15) is 18.5 Å². The van der Waals surface area contributed by atoms with Gasteiger partial charge in [0.2, 0.25) is 5.88 Å². The van der Waals surface area contributed by atoms with Crippen molar-refractivity contribution in [1.29, 1.82) is 0 Å². The summed E-state index contributed by atoms with van der Waals surface area (Å²) in [5, 5.41) is 14.8. The van der Waals surface area contributed by atoms with Gasteiger partial charge in [-0.1, -0.05) is 6.07 Å². The molecule has 0 radical (unpaired) electrons.